The molecule has 62 valence electrons. The van der Waals surface area contributed by atoms with Crippen molar-refractivity contribution >= 4 is 11.2 Å². The van der Waals surface area contributed by atoms with Crippen LogP contribution in [0.5, 0.6) is 0 Å². The molecule has 12 heavy (non-hydrogen) atoms. The van der Waals surface area contributed by atoms with E-state index in [0.29, 0.717) is 0 Å². The van der Waals surface area contributed by atoms with Crippen LogP contribution in [0.3, 0.4) is 0 Å². The zero-order valence-corrected chi connectivity index (χ0v) is 6.21. The molecule has 0 fully saturated rings. The maximum atomic E-state index is 12.8. The van der Waals surface area contributed by atoms with E-state index in [1.165, 1.54) is 13.3 Å². The Morgan fingerprint density at radius 1 is 1.67 bits per heavy atom. The molecular weight excluding hydrogens is 163 g/mol. The third-order valence-electron chi connectivity index (χ3n) is 1.56. The van der Waals surface area contributed by atoms with Crippen molar-refractivity contribution in [1.82, 2.24) is 19.7 Å². The van der Waals surface area contributed by atoms with Crippen LogP contribution < -0.4 is 5.56 Å². The van der Waals surface area contributed by atoms with Crippen molar-refractivity contribution in [3.05, 3.63) is 22.5 Å². The number of hydrogen-bond acceptors (Lipinski definition) is 3. The predicted molar refractivity (Wildman–Crippen MR) is 39.4 cm³/mol. The quantitative estimate of drug-likeness (QED) is 0.609. The van der Waals surface area contributed by atoms with Crippen molar-refractivity contribution in [1.29, 1.82) is 0 Å². The van der Waals surface area contributed by atoms with E-state index in [1.807, 2.05) is 0 Å². The first kappa shape index (κ1) is 6.96. The highest BCUT2D eigenvalue weighted by Crippen LogP contribution is 2.00. The molecule has 0 spiro atoms. The summed E-state index contributed by atoms with van der Waals surface area (Å²) in [5.74, 6) is -0.000370. The molecule has 0 aromatic carbocycles. The number of aromatic nitrogens is 4. The number of aryl methyl sites for hydroxylation is 1. The van der Waals surface area contributed by atoms with Gasteiger partial charge in [-0.25, -0.2) is 9.97 Å². The second-order valence-electron chi connectivity index (χ2n) is 2.35. The van der Waals surface area contributed by atoms with Crippen LogP contribution in [0, 0.1) is 6.92 Å². The number of aromatic amines is 1. The Kier molecular flexibility index (Phi) is 1.24. The first-order valence-electron chi connectivity index (χ1n) is 3.29. The molecule has 0 radical (unpaired) electrons. The molecule has 1 N–H and O–H groups in total. The maximum absolute atomic E-state index is 12.8. The van der Waals surface area contributed by atoms with Crippen LogP contribution in [-0.2, 0) is 0 Å². The first-order valence-corrected chi connectivity index (χ1v) is 3.29. The lowest BCUT2D eigenvalue weighted by atomic mass is 10.5. The summed E-state index contributed by atoms with van der Waals surface area (Å²) in [4.78, 5) is 21.1. The Morgan fingerprint density at radius 2 is 2.42 bits per heavy atom. The molecule has 2 rings (SSSR count). The summed E-state index contributed by atoms with van der Waals surface area (Å²) >= 11 is 0. The van der Waals surface area contributed by atoms with Crippen LogP contribution in [0.1, 0.15) is 5.82 Å². The van der Waals surface area contributed by atoms with Crippen LogP contribution >= 0.6 is 0 Å². The van der Waals surface area contributed by atoms with Crippen molar-refractivity contribution in [3.63, 3.8) is 0 Å². The van der Waals surface area contributed by atoms with Gasteiger partial charge in [-0.15, -0.1) is 4.79 Å². The van der Waals surface area contributed by atoms with Gasteiger partial charge in [0, 0.05) is 0 Å². The number of nitrogens with one attached hydrogen (secondary N) is 1. The lowest BCUT2D eigenvalue weighted by Crippen LogP contribution is -2.17. The molecule has 0 aliphatic rings. The summed E-state index contributed by atoms with van der Waals surface area (Å²) in [5.41, 5.74) is -0.426. The van der Waals surface area contributed by atoms with E-state index in [0.717, 1.165) is 0 Å². The molecule has 0 aliphatic heterocycles. The molecule has 0 atom stereocenters. The molecule has 2 aromatic rings. The fraction of sp³-hybridized carbons (Fsp3) is 0.167. The summed E-state index contributed by atoms with van der Waals surface area (Å²) in [6.07, 6.45) is 1.30. The second kappa shape index (κ2) is 2.13. The van der Waals surface area contributed by atoms with Gasteiger partial charge in [0.1, 0.15) is 5.82 Å². The molecule has 2 heterocycles. The highest BCUT2D eigenvalue weighted by Gasteiger charge is 2.08. The molecule has 2 aromatic heterocycles. The van der Waals surface area contributed by atoms with Gasteiger partial charge in [0.25, 0.3) is 0 Å². The summed E-state index contributed by atoms with van der Waals surface area (Å²) in [6, 6.07) is 0. The van der Waals surface area contributed by atoms with E-state index in [-0.39, 0.29) is 21.8 Å². The Labute approximate surface area is 65.8 Å². The van der Waals surface area contributed by atoms with Gasteiger partial charge in [-0.2, -0.15) is 0 Å². The first-order chi connectivity index (χ1) is 5.70. The third kappa shape index (κ3) is 0.744. The van der Waals surface area contributed by atoms with Gasteiger partial charge in [0.2, 0.25) is 0 Å². The summed E-state index contributed by atoms with van der Waals surface area (Å²) in [7, 11) is 0. The van der Waals surface area contributed by atoms with E-state index in [2.05, 4.69) is 15.0 Å². The van der Waals surface area contributed by atoms with Gasteiger partial charge < -0.3 is 4.98 Å². The van der Waals surface area contributed by atoms with E-state index >= 15 is 0 Å². The number of fused-ring (bicyclic) bond motifs is 1. The van der Waals surface area contributed by atoms with E-state index < -0.39 is 5.56 Å². The number of rotatable bonds is 0. The van der Waals surface area contributed by atoms with Gasteiger partial charge in [-0.1, -0.05) is 4.48 Å². The SMILES string of the molecule is Cc1nc2nc[nH]c2c(=O)n1F. The van der Waals surface area contributed by atoms with E-state index in [1.54, 1.807) is 0 Å². The molecule has 0 aliphatic carbocycles. The Balaban J connectivity index is 3.05. The average molecular weight is 168 g/mol. The number of nitrogens with zero attached hydrogens (tertiary/aromatic N) is 3. The summed E-state index contributed by atoms with van der Waals surface area (Å²) < 4.78 is 12.8. The fourth-order valence-corrected chi connectivity index (χ4v) is 0.971. The van der Waals surface area contributed by atoms with Gasteiger partial charge in [-0.3, -0.25) is 4.79 Å². The smallest absolute Gasteiger partial charge is 0.307 e. The van der Waals surface area contributed by atoms with Gasteiger partial charge in [-0.05, 0) is 6.92 Å². The number of H-pyrrole nitrogens is 1. The molecular formula is C6H5FN4O. The zero-order chi connectivity index (χ0) is 8.72. The van der Waals surface area contributed by atoms with Crippen molar-refractivity contribution in [3.8, 4) is 0 Å². The summed E-state index contributed by atoms with van der Waals surface area (Å²) in [5, 5.41) is 0. The monoisotopic (exact) mass is 168 g/mol. The van der Waals surface area contributed by atoms with Crippen molar-refractivity contribution in [2.45, 2.75) is 6.92 Å². The normalized spacial score (nSPS) is 10.8. The maximum Gasteiger partial charge on any atom is 0.307 e. The second-order valence-corrected chi connectivity index (χ2v) is 2.35. The highest BCUT2D eigenvalue weighted by atomic mass is 19.2. The molecule has 0 amide bonds. The van der Waals surface area contributed by atoms with Crippen LogP contribution in [0.25, 0.3) is 11.2 Å². The minimum Gasteiger partial charge on any atom is -0.339 e. The minimum atomic E-state index is -0.755. The van der Waals surface area contributed by atoms with Crippen molar-refractivity contribution < 1.29 is 4.48 Å². The fourth-order valence-electron chi connectivity index (χ4n) is 0.971. The van der Waals surface area contributed by atoms with Gasteiger partial charge in [0.05, 0.1) is 6.33 Å². The molecule has 5 nitrogen and oxygen atoms in total. The Hall–Kier alpha value is -1.72. The predicted octanol–water partition coefficient (Wildman–Crippen LogP) is 0.161. The van der Waals surface area contributed by atoms with Crippen LogP contribution in [-0.4, -0.2) is 19.7 Å². The molecule has 0 saturated heterocycles. The number of hydrogen-bond donors (Lipinski definition) is 1. The minimum absolute atomic E-state index is 0.000370. The van der Waals surface area contributed by atoms with Crippen LogP contribution in [0.2, 0.25) is 0 Å². The Bertz CT molecular complexity index is 486. The van der Waals surface area contributed by atoms with Crippen LogP contribution in [0.15, 0.2) is 11.1 Å². The lowest BCUT2D eigenvalue weighted by Gasteiger charge is -1.95. The Morgan fingerprint density at radius 3 is 3.17 bits per heavy atom. The molecule has 0 saturated carbocycles. The van der Waals surface area contributed by atoms with E-state index in [4.69, 9.17) is 0 Å². The topological polar surface area (TPSA) is 63.6 Å². The van der Waals surface area contributed by atoms with Crippen molar-refractivity contribution in [2.75, 3.05) is 0 Å². The van der Waals surface area contributed by atoms with Crippen LogP contribution in [0.4, 0.5) is 4.48 Å². The number of imidazole rings is 1. The van der Waals surface area contributed by atoms with Crippen molar-refractivity contribution in [2.24, 2.45) is 0 Å². The lowest BCUT2D eigenvalue weighted by molar-refractivity contribution is 0.337. The average Bonchev–Trinajstić information content (AvgIpc) is 2.48. The highest BCUT2D eigenvalue weighted by molar-refractivity contribution is 5.68. The largest absolute Gasteiger partial charge is 0.339 e. The molecule has 0 unspecified atom stereocenters. The summed E-state index contributed by atoms with van der Waals surface area (Å²) in [6.45, 7) is 1.40. The molecule has 6 heteroatoms. The van der Waals surface area contributed by atoms with E-state index in [9.17, 15) is 9.28 Å². The van der Waals surface area contributed by atoms with Gasteiger partial charge >= 0.3 is 5.56 Å². The molecule has 0 bridgehead atoms. The third-order valence-corrected chi connectivity index (χ3v) is 1.56. The standard InChI is InChI=1S/C6H5FN4O/c1-3-10-5-4(8-2-9-5)6(12)11(3)7/h2H,1H3,(H,8,9). The van der Waals surface area contributed by atoms with Gasteiger partial charge in [0.15, 0.2) is 11.2 Å². The zero-order valence-electron chi connectivity index (χ0n) is 6.21. The number of halogens is 1.